The Balaban J connectivity index is 3.55. The van der Waals surface area contributed by atoms with Crippen LogP contribution in [-0.2, 0) is 19.1 Å². The van der Waals surface area contributed by atoms with Gasteiger partial charge in [-0.1, -0.05) is 76.8 Å². The van der Waals surface area contributed by atoms with Gasteiger partial charge in [0, 0.05) is 12.6 Å². The predicted molar refractivity (Wildman–Crippen MR) is 159 cm³/mol. The minimum absolute atomic E-state index is 0.106. The maximum Gasteiger partial charge on any atom is 0.408 e. The Hall–Kier alpha value is -3.36. The molecule has 0 aliphatic carbocycles. The van der Waals surface area contributed by atoms with Crippen LogP contribution in [0.15, 0.2) is 30.8 Å². The first-order valence-corrected chi connectivity index (χ1v) is 14.4. The van der Waals surface area contributed by atoms with Crippen molar-refractivity contribution < 1.29 is 23.9 Å². The van der Waals surface area contributed by atoms with Gasteiger partial charge >= 0.3 is 6.09 Å². The summed E-state index contributed by atoms with van der Waals surface area (Å²) in [5.74, 6) is -1.67. The average molecular weight is 559 g/mol. The number of carbonyl (C=O) groups excluding carboxylic acids is 4. The molecule has 3 unspecified atom stereocenters. The Labute approximate surface area is 240 Å². The maximum absolute atomic E-state index is 14.1. The van der Waals surface area contributed by atoms with Gasteiger partial charge in [0.1, 0.15) is 17.7 Å². The van der Waals surface area contributed by atoms with E-state index in [0.717, 1.165) is 44.1 Å². The molecule has 9 heteroatoms. The minimum atomic E-state index is -1.30. The Bertz CT molecular complexity index is 988. The zero-order valence-electron chi connectivity index (χ0n) is 25.3. The maximum atomic E-state index is 14.1. The lowest BCUT2D eigenvalue weighted by atomic mass is 9.98. The van der Waals surface area contributed by atoms with Crippen molar-refractivity contribution in [3.05, 3.63) is 42.0 Å². The number of alkyl carbamates (subject to hydrolysis) is 1. The largest absolute Gasteiger partial charge is 0.444 e. The number of benzene rings is 1. The van der Waals surface area contributed by atoms with Crippen LogP contribution in [0.25, 0.3) is 6.08 Å². The fraction of sp³-hybridized carbons (Fsp3) is 0.613. The molecule has 0 spiro atoms. The first-order chi connectivity index (χ1) is 18.8. The molecule has 0 fully saturated rings. The molecule has 0 aliphatic rings. The van der Waals surface area contributed by atoms with E-state index >= 15 is 0 Å². The fourth-order valence-electron chi connectivity index (χ4n) is 4.46. The first kappa shape index (κ1) is 34.7. The van der Waals surface area contributed by atoms with E-state index in [9.17, 15) is 19.2 Å². The smallest absolute Gasteiger partial charge is 0.408 e. The lowest BCUT2D eigenvalue weighted by Crippen LogP contribution is -2.54. The summed E-state index contributed by atoms with van der Waals surface area (Å²) in [6.07, 6.45) is 6.71. The number of hydrogen-bond acceptors (Lipinski definition) is 5. The molecule has 40 heavy (non-hydrogen) atoms. The molecule has 0 bridgehead atoms. The van der Waals surface area contributed by atoms with Crippen LogP contribution in [-0.4, -0.2) is 52.9 Å². The monoisotopic (exact) mass is 558 g/mol. The number of nitrogens with one attached hydrogen (secondary N) is 2. The number of amides is 4. The van der Waals surface area contributed by atoms with E-state index in [4.69, 9.17) is 10.5 Å². The van der Waals surface area contributed by atoms with Crippen molar-refractivity contribution >= 4 is 29.9 Å². The fourth-order valence-corrected chi connectivity index (χ4v) is 4.46. The van der Waals surface area contributed by atoms with Gasteiger partial charge in [0.25, 0.3) is 0 Å². The van der Waals surface area contributed by atoms with Crippen molar-refractivity contribution in [2.75, 3.05) is 6.54 Å². The number of primary amides is 1. The van der Waals surface area contributed by atoms with E-state index in [2.05, 4.69) is 24.1 Å². The van der Waals surface area contributed by atoms with E-state index in [-0.39, 0.29) is 18.5 Å². The van der Waals surface area contributed by atoms with Gasteiger partial charge in [0.05, 0.1) is 6.42 Å². The van der Waals surface area contributed by atoms with Crippen LogP contribution >= 0.6 is 0 Å². The molecule has 0 aliphatic heterocycles. The molecule has 1 aromatic rings. The van der Waals surface area contributed by atoms with Gasteiger partial charge in [-0.05, 0) is 57.7 Å². The highest BCUT2D eigenvalue weighted by Crippen LogP contribution is 2.26. The minimum Gasteiger partial charge on any atom is -0.444 e. The molecular formula is C31H50N4O5. The van der Waals surface area contributed by atoms with Gasteiger partial charge in [-0.15, -0.1) is 0 Å². The van der Waals surface area contributed by atoms with Crippen LogP contribution in [0.3, 0.4) is 0 Å². The molecule has 0 radical (unpaired) electrons. The second kappa shape index (κ2) is 17.4. The molecule has 4 amide bonds. The van der Waals surface area contributed by atoms with E-state index < -0.39 is 42.0 Å². The molecule has 9 nitrogen and oxygen atoms in total. The highest BCUT2D eigenvalue weighted by Gasteiger charge is 2.37. The average Bonchev–Trinajstić information content (AvgIpc) is 2.85. The summed E-state index contributed by atoms with van der Waals surface area (Å²) in [4.78, 5) is 54.0. The summed E-state index contributed by atoms with van der Waals surface area (Å²) in [6.45, 7) is 15.3. The molecule has 0 aromatic heterocycles. The van der Waals surface area contributed by atoms with E-state index in [0.29, 0.717) is 12.0 Å². The van der Waals surface area contributed by atoms with Crippen LogP contribution in [0, 0.1) is 0 Å². The van der Waals surface area contributed by atoms with Crippen molar-refractivity contribution in [3.8, 4) is 0 Å². The zero-order chi connectivity index (χ0) is 30.3. The lowest BCUT2D eigenvalue weighted by molar-refractivity contribution is -0.143. The summed E-state index contributed by atoms with van der Waals surface area (Å²) in [7, 11) is 0. The summed E-state index contributed by atoms with van der Waals surface area (Å²) >= 11 is 0. The van der Waals surface area contributed by atoms with Crippen molar-refractivity contribution in [2.45, 2.75) is 117 Å². The summed E-state index contributed by atoms with van der Waals surface area (Å²) in [6, 6.07) is 4.90. The molecule has 224 valence electrons. The van der Waals surface area contributed by atoms with Crippen LogP contribution in [0.4, 0.5) is 4.79 Å². The topological polar surface area (TPSA) is 131 Å². The summed E-state index contributed by atoms with van der Waals surface area (Å²) < 4.78 is 5.34. The van der Waals surface area contributed by atoms with Crippen molar-refractivity contribution in [1.29, 1.82) is 0 Å². The normalized spacial score (nSPS) is 13.4. The number of nitrogens with zero attached hydrogens (tertiary/aromatic N) is 1. The number of unbranched alkanes of at least 4 members (excludes halogenated alkanes) is 4. The number of nitrogens with two attached hydrogens (primary N) is 1. The van der Waals surface area contributed by atoms with Gasteiger partial charge in [0.15, 0.2) is 0 Å². The highest BCUT2D eigenvalue weighted by molar-refractivity contribution is 5.94. The van der Waals surface area contributed by atoms with Crippen LogP contribution < -0.4 is 16.4 Å². The van der Waals surface area contributed by atoms with Gasteiger partial charge in [0.2, 0.25) is 17.7 Å². The van der Waals surface area contributed by atoms with Gasteiger partial charge < -0.3 is 26.0 Å². The third-order valence-corrected chi connectivity index (χ3v) is 6.31. The Morgan fingerprint density at radius 3 is 2.30 bits per heavy atom. The standard InChI is InChI=1S/C31H50N4O5/c1-8-11-12-13-14-19-35(29(38)25(21-26(32)36)34-30(39)40-31(5,6)7)27(28(37)33-22(4)16-9-2)24-18-15-17-23(10-3)20-24/h10,15,17-18,20,22,25,27H,3,8-9,11-14,16,19,21H2,1-2,4-7H3,(H2,32,36)(H,33,37)(H,34,39). The van der Waals surface area contributed by atoms with Crippen LogP contribution in [0.5, 0.6) is 0 Å². The Morgan fingerprint density at radius 1 is 1.05 bits per heavy atom. The van der Waals surface area contributed by atoms with Gasteiger partial charge in [-0.25, -0.2) is 4.79 Å². The van der Waals surface area contributed by atoms with Gasteiger partial charge in [-0.3, -0.25) is 14.4 Å². The predicted octanol–water partition coefficient (Wildman–Crippen LogP) is 5.24. The number of ether oxygens (including phenoxy) is 1. The molecular weight excluding hydrogens is 508 g/mol. The second-order valence-corrected chi connectivity index (χ2v) is 11.3. The summed E-state index contributed by atoms with van der Waals surface area (Å²) in [5, 5.41) is 5.58. The van der Waals surface area contributed by atoms with Crippen molar-refractivity contribution in [3.63, 3.8) is 0 Å². The summed E-state index contributed by atoms with van der Waals surface area (Å²) in [5.41, 5.74) is 6.07. The molecule has 0 saturated heterocycles. The SMILES string of the molecule is C=Cc1cccc(C(C(=O)NC(C)CCC)N(CCCCCCC)C(=O)C(CC(N)=O)NC(=O)OC(C)(C)C)c1. The highest BCUT2D eigenvalue weighted by atomic mass is 16.6. The number of hydrogen-bond donors (Lipinski definition) is 3. The second-order valence-electron chi connectivity index (χ2n) is 11.3. The molecule has 0 saturated carbocycles. The number of carbonyl (C=O) groups is 4. The van der Waals surface area contributed by atoms with E-state index in [1.165, 1.54) is 4.90 Å². The lowest BCUT2D eigenvalue weighted by Gasteiger charge is -2.35. The molecule has 4 N–H and O–H groups in total. The quantitative estimate of drug-likeness (QED) is 0.225. The van der Waals surface area contributed by atoms with Crippen LogP contribution in [0.2, 0.25) is 0 Å². The molecule has 1 aromatic carbocycles. The third kappa shape index (κ3) is 12.7. The van der Waals surface area contributed by atoms with Crippen molar-refractivity contribution in [2.24, 2.45) is 5.73 Å². The van der Waals surface area contributed by atoms with Gasteiger partial charge in [-0.2, -0.15) is 0 Å². The molecule has 0 heterocycles. The Kier molecular flexibility index (Phi) is 15.0. The first-order valence-electron chi connectivity index (χ1n) is 14.4. The molecule has 1 rings (SSSR count). The zero-order valence-corrected chi connectivity index (χ0v) is 25.3. The Morgan fingerprint density at radius 2 is 1.73 bits per heavy atom. The van der Waals surface area contributed by atoms with Crippen molar-refractivity contribution in [1.82, 2.24) is 15.5 Å². The number of rotatable bonds is 17. The molecule has 3 atom stereocenters. The van der Waals surface area contributed by atoms with E-state index in [1.807, 2.05) is 32.0 Å². The van der Waals surface area contributed by atoms with Crippen LogP contribution in [0.1, 0.15) is 110 Å². The van der Waals surface area contributed by atoms with E-state index in [1.54, 1.807) is 32.9 Å². The third-order valence-electron chi connectivity index (χ3n) is 6.31.